The van der Waals surface area contributed by atoms with E-state index in [-0.39, 0.29) is 6.03 Å². The predicted octanol–water partition coefficient (Wildman–Crippen LogP) is 2.55. The van der Waals surface area contributed by atoms with Crippen molar-refractivity contribution >= 4 is 23.6 Å². The number of amides is 2. The lowest BCUT2D eigenvalue weighted by atomic mass is 10.2. The molecule has 2 aromatic rings. The van der Waals surface area contributed by atoms with E-state index < -0.39 is 0 Å². The maximum atomic E-state index is 12.6. The highest BCUT2D eigenvalue weighted by Gasteiger charge is 2.21. The molecular formula is C15H19ClN6O2. The van der Waals surface area contributed by atoms with Gasteiger partial charge in [0, 0.05) is 17.1 Å². The number of hydrogen-bond acceptors (Lipinski definition) is 5. The number of benzene rings is 1. The van der Waals surface area contributed by atoms with Crippen LogP contribution in [0.5, 0.6) is 5.75 Å². The number of fused-ring (bicyclic) bond motifs is 1. The number of unbranched alkanes of at least 4 members (excludes halogenated alkanes) is 1. The van der Waals surface area contributed by atoms with Gasteiger partial charge in [-0.25, -0.2) is 9.48 Å². The molecule has 9 heteroatoms. The van der Waals surface area contributed by atoms with E-state index in [1.807, 2.05) is 12.1 Å². The van der Waals surface area contributed by atoms with Crippen LogP contribution in [0, 0.1) is 0 Å². The molecule has 0 bridgehead atoms. The van der Waals surface area contributed by atoms with Crippen LogP contribution in [0.25, 0.3) is 0 Å². The summed E-state index contributed by atoms with van der Waals surface area (Å²) in [7, 11) is 0. The number of carbonyl (C=O) groups is 1. The normalized spacial score (nSPS) is 13.8. The standard InChI is InChI=1S/C15H19ClN6O2/c1-2-3-6-22-14(18-19-20-22)17-15(23)21-7-8-24-13-5-4-12(16)9-11(13)10-21/h4-5,9H,2-3,6-8,10H2,1H3,(H,17,18,20,23). The zero-order chi connectivity index (χ0) is 16.9. The molecule has 1 aromatic carbocycles. The number of carbonyl (C=O) groups excluding carboxylic acids is 1. The number of halogens is 1. The highest BCUT2D eigenvalue weighted by molar-refractivity contribution is 6.30. The fraction of sp³-hybridized carbons (Fsp3) is 0.467. The summed E-state index contributed by atoms with van der Waals surface area (Å²) in [6.07, 6.45) is 1.96. The Kier molecular flexibility index (Phi) is 5.14. The van der Waals surface area contributed by atoms with E-state index in [4.69, 9.17) is 16.3 Å². The molecule has 0 unspecified atom stereocenters. The molecule has 128 valence electrons. The number of ether oxygens (including phenoxy) is 1. The Morgan fingerprint density at radius 2 is 2.33 bits per heavy atom. The number of aryl methyl sites for hydroxylation is 1. The molecule has 0 saturated carbocycles. The highest BCUT2D eigenvalue weighted by Crippen LogP contribution is 2.26. The minimum absolute atomic E-state index is 0.265. The van der Waals surface area contributed by atoms with E-state index in [1.165, 1.54) is 0 Å². The fourth-order valence-corrected chi connectivity index (χ4v) is 2.66. The molecule has 3 rings (SSSR count). The molecule has 1 N–H and O–H groups in total. The van der Waals surface area contributed by atoms with Crippen LogP contribution in [0.2, 0.25) is 5.02 Å². The van der Waals surface area contributed by atoms with Crippen LogP contribution >= 0.6 is 11.6 Å². The second kappa shape index (κ2) is 7.48. The first-order valence-corrected chi connectivity index (χ1v) is 8.28. The lowest BCUT2D eigenvalue weighted by molar-refractivity contribution is 0.200. The molecule has 1 aromatic heterocycles. The number of anilines is 1. The van der Waals surface area contributed by atoms with Gasteiger partial charge in [-0.1, -0.05) is 30.0 Å². The van der Waals surface area contributed by atoms with Gasteiger partial charge in [-0.2, -0.15) is 0 Å². The maximum absolute atomic E-state index is 12.6. The summed E-state index contributed by atoms with van der Waals surface area (Å²) < 4.78 is 7.27. The summed E-state index contributed by atoms with van der Waals surface area (Å²) in [5.41, 5.74) is 0.876. The average Bonchev–Trinajstić information content (AvgIpc) is 2.89. The Bertz CT molecular complexity index is 720. The minimum Gasteiger partial charge on any atom is -0.491 e. The predicted molar refractivity (Wildman–Crippen MR) is 89.1 cm³/mol. The van der Waals surface area contributed by atoms with E-state index in [1.54, 1.807) is 15.6 Å². The molecule has 1 aliphatic heterocycles. The van der Waals surface area contributed by atoms with Crippen LogP contribution in [-0.4, -0.2) is 44.3 Å². The van der Waals surface area contributed by atoms with Gasteiger partial charge >= 0.3 is 6.03 Å². The molecule has 2 amide bonds. The smallest absolute Gasteiger partial charge is 0.324 e. The quantitative estimate of drug-likeness (QED) is 0.915. The van der Waals surface area contributed by atoms with Crippen LogP contribution in [0.4, 0.5) is 10.7 Å². The van der Waals surface area contributed by atoms with Crippen molar-refractivity contribution in [2.24, 2.45) is 0 Å². The second-order valence-electron chi connectivity index (χ2n) is 5.53. The van der Waals surface area contributed by atoms with Gasteiger partial charge in [0.2, 0.25) is 0 Å². The summed E-state index contributed by atoms with van der Waals surface area (Å²) in [4.78, 5) is 14.2. The first-order valence-electron chi connectivity index (χ1n) is 7.90. The van der Waals surface area contributed by atoms with Crippen molar-refractivity contribution in [1.82, 2.24) is 25.1 Å². The van der Waals surface area contributed by atoms with Gasteiger partial charge in [-0.3, -0.25) is 5.32 Å². The van der Waals surface area contributed by atoms with Crippen molar-refractivity contribution in [2.45, 2.75) is 32.9 Å². The Labute approximate surface area is 144 Å². The lowest BCUT2D eigenvalue weighted by Crippen LogP contribution is -2.36. The number of urea groups is 1. The Morgan fingerprint density at radius 3 is 3.17 bits per heavy atom. The Hall–Kier alpha value is -2.35. The summed E-state index contributed by atoms with van der Waals surface area (Å²) in [5.74, 6) is 1.10. The Morgan fingerprint density at radius 1 is 1.46 bits per heavy atom. The topological polar surface area (TPSA) is 85.2 Å². The van der Waals surface area contributed by atoms with Crippen LogP contribution < -0.4 is 10.1 Å². The monoisotopic (exact) mass is 350 g/mol. The van der Waals surface area contributed by atoms with E-state index in [9.17, 15) is 4.79 Å². The molecule has 0 spiro atoms. The third-order valence-electron chi connectivity index (χ3n) is 3.76. The molecule has 0 fully saturated rings. The van der Waals surface area contributed by atoms with Crippen molar-refractivity contribution in [1.29, 1.82) is 0 Å². The number of aromatic nitrogens is 4. The van der Waals surface area contributed by atoms with Crippen molar-refractivity contribution in [3.05, 3.63) is 28.8 Å². The number of nitrogens with one attached hydrogen (secondary N) is 1. The fourth-order valence-electron chi connectivity index (χ4n) is 2.46. The van der Waals surface area contributed by atoms with Gasteiger partial charge in [0.1, 0.15) is 12.4 Å². The van der Waals surface area contributed by atoms with Crippen LogP contribution in [-0.2, 0) is 13.1 Å². The molecule has 0 saturated heterocycles. The van der Waals surface area contributed by atoms with Gasteiger partial charge in [0.15, 0.2) is 0 Å². The number of rotatable bonds is 4. The van der Waals surface area contributed by atoms with Crippen molar-refractivity contribution in [3.8, 4) is 5.75 Å². The lowest BCUT2D eigenvalue weighted by Gasteiger charge is -2.20. The maximum Gasteiger partial charge on any atom is 0.324 e. The molecule has 24 heavy (non-hydrogen) atoms. The molecule has 1 aliphatic rings. The molecule has 2 heterocycles. The second-order valence-corrected chi connectivity index (χ2v) is 5.97. The summed E-state index contributed by atoms with van der Waals surface area (Å²) >= 11 is 6.04. The minimum atomic E-state index is -0.265. The highest BCUT2D eigenvalue weighted by atomic mass is 35.5. The summed E-state index contributed by atoms with van der Waals surface area (Å²) in [6.45, 7) is 4.05. The van der Waals surface area contributed by atoms with E-state index in [0.717, 1.165) is 24.2 Å². The molecular weight excluding hydrogens is 332 g/mol. The zero-order valence-corrected chi connectivity index (χ0v) is 14.2. The van der Waals surface area contributed by atoms with Crippen LogP contribution in [0.3, 0.4) is 0 Å². The molecule has 8 nitrogen and oxygen atoms in total. The number of hydrogen-bond donors (Lipinski definition) is 1. The van der Waals surface area contributed by atoms with E-state index in [2.05, 4.69) is 27.8 Å². The molecule has 0 atom stereocenters. The third-order valence-corrected chi connectivity index (χ3v) is 4.00. The van der Waals surface area contributed by atoms with Crippen LogP contribution in [0.15, 0.2) is 18.2 Å². The molecule has 0 aliphatic carbocycles. The summed E-state index contributed by atoms with van der Waals surface area (Å²) in [6, 6.07) is 5.15. The first kappa shape index (κ1) is 16.5. The van der Waals surface area contributed by atoms with Gasteiger partial charge < -0.3 is 9.64 Å². The van der Waals surface area contributed by atoms with Crippen molar-refractivity contribution in [3.63, 3.8) is 0 Å². The van der Waals surface area contributed by atoms with Crippen molar-refractivity contribution in [2.75, 3.05) is 18.5 Å². The van der Waals surface area contributed by atoms with Gasteiger partial charge in [0.05, 0.1) is 13.1 Å². The number of nitrogens with zero attached hydrogens (tertiary/aromatic N) is 5. The number of tetrazole rings is 1. The van der Waals surface area contributed by atoms with Gasteiger partial charge in [0.25, 0.3) is 5.95 Å². The van der Waals surface area contributed by atoms with E-state index in [0.29, 0.717) is 37.2 Å². The van der Waals surface area contributed by atoms with Gasteiger partial charge in [-0.05, 0) is 35.0 Å². The largest absolute Gasteiger partial charge is 0.491 e. The zero-order valence-electron chi connectivity index (χ0n) is 13.4. The molecule has 0 radical (unpaired) electrons. The summed E-state index contributed by atoms with van der Waals surface area (Å²) in [5, 5.41) is 14.8. The van der Waals surface area contributed by atoms with Gasteiger partial charge in [-0.15, -0.1) is 0 Å². The van der Waals surface area contributed by atoms with Crippen molar-refractivity contribution < 1.29 is 9.53 Å². The average molecular weight is 351 g/mol. The SMILES string of the molecule is CCCCn1nnnc1NC(=O)N1CCOc2ccc(Cl)cc2C1. The Balaban J connectivity index is 1.70. The van der Waals surface area contributed by atoms with E-state index >= 15 is 0 Å². The van der Waals surface area contributed by atoms with Crippen LogP contribution in [0.1, 0.15) is 25.3 Å². The first-order chi connectivity index (χ1) is 11.7. The third kappa shape index (κ3) is 3.76.